The summed E-state index contributed by atoms with van der Waals surface area (Å²) in [6, 6.07) is 74.9. The Hall–Kier alpha value is -8.38. The van der Waals surface area contributed by atoms with Crippen LogP contribution in [-0.4, -0.2) is 19.1 Å². The van der Waals surface area contributed by atoms with Gasteiger partial charge in [0.05, 0.1) is 33.3 Å². The number of aromatic nitrogens is 4. The lowest BCUT2D eigenvalue weighted by Gasteiger charge is -2.16. The molecule has 0 aliphatic heterocycles. The van der Waals surface area contributed by atoms with Crippen LogP contribution in [0.25, 0.3) is 126 Å². The van der Waals surface area contributed by atoms with Gasteiger partial charge in [0, 0.05) is 53.3 Å². The Kier molecular flexibility index (Phi) is 8.55. The summed E-state index contributed by atoms with van der Waals surface area (Å²) >= 11 is 1.82. The molecule has 0 N–H and O–H groups in total. The molecular weight excluding hydrogens is 833 g/mol. The molecule has 67 heavy (non-hydrogen) atoms. The van der Waals surface area contributed by atoms with Gasteiger partial charge in [0.1, 0.15) is 0 Å². The number of thiophene rings is 1. The van der Waals surface area contributed by atoms with E-state index < -0.39 is 0 Å². The summed E-state index contributed by atoms with van der Waals surface area (Å²) in [5.74, 6) is 0.665. The van der Waals surface area contributed by atoms with Crippen LogP contribution in [0.3, 0.4) is 0 Å². The van der Waals surface area contributed by atoms with Crippen LogP contribution < -0.4 is 0 Å². The minimum absolute atomic E-state index is 0.665. The number of fused-ring (bicyclic) bond motifs is 11. The Morgan fingerprint density at radius 1 is 0.448 bits per heavy atom. The quantitative estimate of drug-likeness (QED) is 0.167. The molecule has 1 aliphatic carbocycles. The highest BCUT2D eigenvalue weighted by atomic mass is 32.1. The summed E-state index contributed by atoms with van der Waals surface area (Å²) < 4.78 is 5.95. The predicted octanol–water partition coefficient (Wildman–Crippen LogP) is 16.7. The third kappa shape index (κ3) is 6.05. The molecule has 4 heterocycles. The van der Waals surface area contributed by atoms with E-state index in [1.165, 1.54) is 75.4 Å². The first kappa shape index (κ1) is 37.9. The third-order valence-corrected chi connectivity index (χ3v) is 15.0. The van der Waals surface area contributed by atoms with Crippen LogP contribution in [0.5, 0.6) is 0 Å². The fraction of sp³-hybridized carbons (Fsp3) is 0.0323. The van der Waals surface area contributed by atoms with Gasteiger partial charge in [-0.2, -0.15) is 0 Å². The van der Waals surface area contributed by atoms with E-state index in [2.05, 4.69) is 228 Å². The molecule has 0 bridgehead atoms. The molecule has 0 fully saturated rings. The second kappa shape index (κ2) is 15.1. The van der Waals surface area contributed by atoms with Crippen LogP contribution in [-0.2, 0) is 6.42 Å². The SMILES string of the molecule is C1=Cc2c(ccc3c4ccc(-c5ccc6c7ccccc7n(-c7ccccc7)c6c5)cc4n(-c4nc(-c5ccc(-c6ccccc6)cc5)c5c(ccc6cc(-c7ccccc7)sc65)n4)c23)CC1. The van der Waals surface area contributed by atoms with E-state index in [9.17, 15) is 0 Å². The maximum atomic E-state index is 5.74. The van der Waals surface area contributed by atoms with Crippen molar-refractivity contribution < 1.29 is 0 Å². The van der Waals surface area contributed by atoms with Crippen molar-refractivity contribution in [3.05, 3.63) is 223 Å². The zero-order chi connectivity index (χ0) is 44.0. The molecule has 0 amide bonds. The van der Waals surface area contributed by atoms with Gasteiger partial charge in [-0.05, 0) is 94.1 Å². The standard InChI is InChI=1S/C62H40N4S/c1-4-14-39(15-5-1)40-24-26-43(27-25-40)59-58-53(35-31-46-38-57(67-61(46)58)42-17-6-2-7-18-42)63-62(64-59)66-56-37-45(30-33-51(56)52-34-28-41-16-10-11-21-48(41)60(52)66)44-29-32-50-49-22-12-13-23-54(49)65(55(50)36-44)47-19-8-3-9-20-47/h1-9,11-15,17-38H,10,16H2. The van der Waals surface area contributed by atoms with E-state index in [1.54, 1.807) is 0 Å². The summed E-state index contributed by atoms with van der Waals surface area (Å²) in [6.07, 6.45) is 6.66. The van der Waals surface area contributed by atoms with Crippen LogP contribution in [0.2, 0.25) is 0 Å². The highest BCUT2D eigenvalue weighted by Gasteiger charge is 2.24. The first-order chi connectivity index (χ1) is 33.2. The van der Waals surface area contributed by atoms with Crippen LogP contribution in [0, 0.1) is 0 Å². The molecule has 5 heteroatoms. The molecule has 9 aromatic carbocycles. The van der Waals surface area contributed by atoms with E-state index in [-0.39, 0.29) is 0 Å². The second-order valence-electron chi connectivity index (χ2n) is 17.6. The molecule has 14 rings (SSSR count). The van der Waals surface area contributed by atoms with Gasteiger partial charge in [0.15, 0.2) is 0 Å². The van der Waals surface area contributed by atoms with Gasteiger partial charge < -0.3 is 4.57 Å². The molecule has 0 spiro atoms. The van der Waals surface area contributed by atoms with Gasteiger partial charge >= 0.3 is 0 Å². The van der Waals surface area contributed by atoms with Crippen molar-refractivity contribution in [3.8, 4) is 55.6 Å². The summed E-state index contributed by atoms with van der Waals surface area (Å²) in [4.78, 5) is 12.6. The molecule has 4 aromatic heterocycles. The normalized spacial score (nSPS) is 12.6. The lowest BCUT2D eigenvalue weighted by atomic mass is 9.94. The number of allylic oxidation sites excluding steroid dienone is 1. The van der Waals surface area contributed by atoms with Crippen molar-refractivity contribution in [2.45, 2.75) is 12.8 Å². The molecular formula is C62H40N4S. The average Bonchev–Trinajstić information content (AvgIpc) is 4.09. The Morgan fingerprint density at radius 2 is 1.06 bits per heavy atom. The van der Waals surface area contributed by atoms with Gasteiger partial charge in [0.25, 0.3) is 0 Å². The summed E-state index contributed by atoms with van der Waals surface area (Å²) in [5.41, 5.74) is 17.1. The van der Waals surface area contributed by atoms with Crippen LogP contribution >= 0.6 is 11.3 Å². The van der Waals surface area contributed by atoms with E-state index in [4.69, 9.17) is 9.97 Å². The van der Waals surface area contributed by atoms with Gasteiger partial charge in [-0.15, -0.1) is 11.3 Å². The van der Waals surface area contributed by atoms with Gasteiger partial charge in [-0.3, -0.25) is 4.57 Å². The highest BCUT2D eigenvalue weighted by molar-refractivity contribution is 7.23. The van der Waals surface area contributed by atoms with E-state index in [0.717, 1.165) is 62.8 Å². The van der Waals surface area contributed by atoms with E-state index in [1.807, 2.05) is 11.3 Å². The van der Waals surface area contributed by atoms with Crippen molar-refractivity contribution in [3.63, 3.8) is 0 Å². The number of nitrogens with zero attached hydrogens (tertiary/aromatic N) is 4. The summed E-state index contributed by atoms with van der Waals surface area (Å²) in [5, 5.41) is 7.13. The fourth-order valence-electron chi connectivity index (χ4n) is 10.6. The zero-order valence-corrected chi connectivity index (χ0v) is 37.2. The van der Waals surface area contributed by atoms with E-state index in [0.29, 0.717) is 5.95 Å². The van der Waals surface area contributed by atoms with E-state index >= 15 is 0 Å². The number of hydrogen-bond donors (Lipinski definition) is 0. The molecule has 0 saturated heterocycles. The molecule has 0 radical (unpaired) electrons. The van der Waals surface area contributed by atoms with Crippen molar-refractivity contribution in [2.75, 3.05) is 0 Å². The first-order valence-electron chi connectivity index (χ1n) is 23.0. The number of para-hydroxylation sites is 2. The average molecular weight is 873 g/mol. The summed E-state index contributed by atoms with van der Waals surface area (Å²) in [6.45, 7) is 0. The molecule has 0 saturated carbocycles. The maximum absolute atomic E-state index is 5.74. The van der Waals surface area contributed by atoms with Crippen molar-refractivity contribution in [1.82, 2.24) is 19.1 Å². The number of benzene rings is 9. The third-order valence-electron chi connectivity index (χ3n) is 13.8. The van der Waals surface area contributed by atoms with Crippen molar-refractivity contribution in [2.24, 2.45) is 0 Å². The second-order valence-corrected chi connectivity index (χ2v) is 18.7. The molecule has 13 aromatic rings. The van der Waals surface area contributed by atoms with Crippen LogP contribution in [0.1, 0.15) is 17.5 Å². The topological polar surface area (TPSA) is 35.6 Å². The van der Waals surface area contributed by atoms with Crippen LogP contribution in [0.4, 0.5) is 0 Å². The van der Waals surface area contributed by atoms with Gasteiger partial charge in [-0.25, -0.2) is 9.97 Å². The Bertz CT molecular complexity index is 4120. The molecule has 0 unspecified atom stereocenters. The Balaban J connectivity index is 1.03. The smallest absolute Gasteiger partial charge is 0.235 e. The lowest BCUT2D eigenvalue weighted by Crippen LogP contribution is -2.06. The van der Waals surface area contributed by atoms with Crippen molar-refractivity contribution >= 4 is 82.0 Å². The first-order valence-corrected chi connectivity index (χ1v) is 23.9. The maximum Gasteiger partial charge on any atom is 0.235 e. The summed E-state index contributed by atoms with van der Waals surface area (Å²) in [7, 11) is 0. The minimum Gasteiger partial charge on any atom is -0.309 e. The highest BCUT2D eigenvalue weighted by Crippen LogP contribution is 2.44. The Morgan fingerprint density at radius 3 is 1.84 bits per heavy atom. The van der Waals surface area contributed by atoms with Gasteiger partial charge in [-0.1, -0.05) is 176 Å². The number of aryl methyl sites for hydroxylation is 1. The Labute approximate surface area is 391 Å². The monoisotopic (exact) mass is 872 g/mol. The van der Waals surface area contributed by atoms with Gasteiger partial charge in [0.2, 0.25) is 5.95 Å². The molecule has 1 aliphatic rings. The zero-order valence-electron chi connectivity index (χ0n) is 36.4. The number of rotatable bonds is 6. The lowest BCUT2D eigenvalue weighted by molar-refractivity contribution is 0.977. The van der Waals surface area contributed by atoms with Crippen LogP contribution in [0.15, 0.2) is 212 Å². The minimum atomic E-state index is 0.665. The predicted molar refractivity (Wildman–Crippen MR) is 283 cm³/mol. The molecule has 0 atom stereocenters. The largest absolute Gasteiger partial charge is 0.309 e. The molecule has 4 nitrogen and oxygen atoms in total. The fourth-order valence-corrected chi connectivity index (χ4v) is 11.8. The van der Waals surface area contributed by atoms with Crippen molar-refractivity contribution in [1.29, 1.82) is 0 Å². The number of hydrogen-bond acceptors (Lipinski definition) is 3. The molecule has 314 valence electrons.